The first-order valence-electron chi connectivity index (χ1n) is 14.5. The monoisotopic (exact) mass is 921 g/mol. The van der Waals surface area contributed by atoms with Crippen LogP contribution in [0.25, 0.3) is 0 Å². The Bertz CT molecular complexity index is 2150. The van der Waals surface area contributed by atoms with Crippen molar-refractivity contribution in [3.8, 4) is 51.7 Å². The minimum absolute atomic E-state index is 0.0213. The molecule has 0 aliphatic carbocycles. The molecule has 48 heavy (non-hydrogen) atoms. The molecule has 9 nitrogen and oxygen atoms in total. The Morgan fingerprint density at radius 3 is 1.75 bits per heavy atom. The minimum atomic E-state index is -6.38. The zero-order chi connectivity index (χ0) is 33.3. The van der Waals surface area contributed by atoms with Gasteiger partial charge in [0.05, 0.1) is 0 Å². The molecule has 0 atom stereocenters. The normalized spacial score (nSPS) is 16.7. The molecule has 1 N–H and O–H groups in total. The Labute approximate surface area is 296 Å². The Morgan fingerprint density at radius 2 is 1.19 bits per heavy atom. The molecule has 0 saturated carbocycles. The molecule has 0 amide bonds. The van der Waals surface area contributed by atoms with Crippen LogP contribution < -0.4 is 44.0 Å². The number of aliphatic hydroxyl groups excluding tert-OH is 1. The second-order valence-corrected chi connectivity index (χ2v) is 26.9. The number of methoxy groups -OCH3 is 3. The van der Waals surface area contributed by atoms with Crippen LogP contribution >= 0.6 is 46.4 Å². The average molecular weight is 923 g/mol. The zero-order valence-corrected chi connectivity index (χ0v) is 31.7. The molecule has 0 saturated heterocycles. The van der Waals surface area contributed by atoms with Gasteiger partial charge in [0, 0.05) is 0 Å². The maximum atomic E-state index is 10.7. The number of hydrogen-bond acceptors (Lipinski definition) is 9. The fourth-order valence-electron chi connectivity index (χ4n) is 7.11. The first-order valence-corrected chi connectivity index (χ1v) is 24.1. The van der Waals surface area contributed by atoms with E-state index < -0.39 is 19.7 Å². The number of benzene rings is 5. The Hall–Kier alpha value is -3.50. The third kappa shape index (κ3) is 3.51. The van der Waals surface area contributed by atoms with Crippen LogP contribution in [0.2, 0.25) is 20.1 Å². The summed E-state index contributed by atoms with van der Waals surface area (Å²) in [5.41, 5.74) is 2.68. The molecule has 0 radical (unpaired) electrons. The van der Waals surface area contributed by atoms with Gasteiger partial charge in [0.2, 0.25) is 0 Å². The van der Waals surface area contributed by atoms with Crippen LogP contribution in [-0.4, -0.2) is 46.1 Å². The topological polar surface area (TPSA) is 88.1 Å². The molecule has 0 aromatic heterocycles. The molecule has 244 valence electrons. The standard InChI is InChI=1S/C28H22NO6.C6H2Cl4O2.Bi/c1-31-22-9-6-19(7-10-22)29-20-5-4-18(17-30)27(12-20)34-24-14-23(32-2)15-25(16-24)35-28-13-21(29)8-11-26(28)33-3;7-1-2(8)4(10)6(12)5(11)3(1)9;/h4-11,14-15,30H,17H2,1-3H3;11-12H;/q;;+2/p-2. The molecule has 9 rings (SSSR count). The van der Waals surface area contributed by atoms with E-state index in [0.717, 1.165) is 5.69 Å². The van der Waals surface area contributed by atoms with Gasteiger partial charge in [0.1, 0.15) is 0 Å². The van der Waals surface area contributed by atoms with E-state index in [9.17, 15) is 5.11 Å². The second kappa shape index (κ2) is 10.3. The molecule has 0 unspecified atom stereocenters. The fraction of sp³-hybridized carbons (Fsp3) is 0.118. The van der Waals surface area contributed by atoms with Crippen molar-refractivity contribution in [2.75, 3.05) is 26.2 Å². The molecule has 5 aromatic carbocycles. The Kier molecular flexibility index (Phi) is 6.53. The van der Waals surface area contributed by atoms with Gasteiger partial charge in [-0.1, -0.05) is 0 Å². The van der Waals surface area contributed by atoms with Crippen LogP contribution in [0.3, 0.4) is 0 Å². The summed E-state index contributed by atoms with van der Waals surface area (Å²) in [5, 5.41) is 10.9. The van der Waals surface area contributed by atoms with E-state index in [-0.39, 0.29) is 38.2 Å². The molecule has 4 aliphatic rings. The predicted octanol–water partition coefficient (Wildman–Crippen LogP) is 7.70. The summed E-state index contributed by atoms with van der Waals surface area (Å²) in [7, 11) is 4.72. The van der Waals surface area contributed by atoms with E-state index in [1.807, 2.05) is 48.5 Å². The summed E-state index contributed by atoms with van der Waals surface area (Å²) < 4.78 is 47.4. The van der Waals surface area contributed by atoms with Crippen molar-refractivity contribution < 1.29 is 34.4 Å². The number of ether oxygens (including phenoxy) is 5. The van der Waals surface area contributed by atoms with Crippen molar-refractivity contribution in [3.63, 3.8) is 0 Å². The third-order valence-corrected chi connectivity index (χ3v) is 29.5. The van der Waals surface area contributed by atoms with E-state index in [1.54, 1.807) is 33.5 Å². The summed E-state index contributed by atoms with van der Waals surface area (Å²) >= 11 is 20.8. The number of fused-ring (bicyclic) bond motifs is 1. The van der Waals surface area contributed by atoms with E-state index in [2.05, 4.69) is 4.90 Å². The van der Waals surface area contributed by atoms with Gasteiger partial charge in [-0.3, -0.25) is 0 Å². The van der Waals surface area contributed by atoms with Gasteiger partial charge in [-0.15, -0.1) is 0 Å². The van der Waals surface area contributed by atoms with Crippen molar-refractivity contribution >= 4 is 92.9 Å². The van der Waals surface area contributed by atoms with Crippen molar-refractivity contribution in [1.29, 1.82) is 0 Å². The summed E-state index contributed by atoms with van der Waals surface area (Å²) in [6.07, 6.45) is 0. The van der Waals surface area contributed by atoms with Crippen LogP contribution in [0.4, 0.5) is 17.1 Å². The Balaban J connectivity index is 1.53. The average Bonchev–Trinajstić information content (AvgIpc) is 3.46. The van der Waals surface area contributed by atoms with Crippen LogP contribution in [0.1, 0.15) is 5.56 Å². The third-order valence-electron chi connectivity index (χ3n) is 9.07. The summed E-state index contributed by atoms with van der Waals surface area (Å²) in [6, 6.07) is 18.6. The van der Waals surface area contributed by atoms with Gasteiger partial charge in [0.25, 0.3) is 0 Å². The van der Waals surface area contributed by atoms with Gasteiger partial charge in [0.15, 0.2) is 0 Å². The van der Waals surface area contributed by atoms with Gasteiger partial charge < -0.3 is 0 Å². The van der Waals surface area contributed by atoms with Crippen molar-refractivity contribution in [2.45, 2.75) is 6.61 Å². The zero-order valence-electron chi connectivity index (χ0n) is 25.2. The number of hydrogen-bond donors (Lipinski definition) is 1. The van der Waals surface area contributed by atoms with Crippen molar-refractivity contribution in [1.82, 2.24) is 0 Å². The molecule has 4 aliphatic heterocycles. The van der Waals surface area contributed by atoms with E-state index in [1.165, 1.54) is 0 Å². The predicted molar refractivity (Wildman–Crippen MR) is 186 cm³/mol. The van der Waals surface area contributed by atoms with Crippen molar-refractivity contribution in [3.05, 3.63) is 86.3 Å². The number of rotatable bonds is 5. The van der Waals surface area contributed by atoms with Crippen LogP contribution in [0.5, 0.6) is 51.7 Å². The van der Waals surface area contributed by atoms with Gasteiger partial charge in [-0.25, -0.2) is 0 Å². The number of anilines is 3. The fourth-order valence-corrected chi connectivity index (χ4v) is 30.2. The molecule has 5 aromatic rings. The summed E-state index contributed by atoms with van der Waals surface area (Å²) in [6.45, 7) is -0.344. The van der Waals surface area contributed by atoms with Crippen LogP contribution in [0, 0.1) is 0 Å². The number of aliphatic hydroxyl groups is 1. The molecule has 14 heteroatoms. The van der Waals surface area contributed by atoms with Crippen LogP contribution in [-0.2, 0) is 6.61 Å². The van der Waals surface area contributed by atoms with Crippen LogP contribution in [0.15, 0.2) is 60.7 Å². The SMILES string of the molecule is COc1ccc(N2c3ccc(CO)c4[c]3[Bi]35([O]c6c(Cl)c(Cl)c(Cl)c(Cl)c6[O]3)[c]3c(cc(OC)cc3Oc3c(OC)ccc2[c]35)O4)cc1. The number of halogens is 4. The second-order valence-electron chi connectivity index (χ2n) is 11.3. The van der Waals surface area contributed by atoms with Crippen molar-refractivity contribution in [2.24, 2.45) is 0 Å². The summed E-state index contributed by atoms with van der Waals surface area (Å²) in [4.78, 5) is 2.06. The van der Waals surface area contributed by atoms with Gasteiger partial charge in [-0.05, 0) is 0 Å². The quantitative estimate of drug-likeness (QED) is 0.106. The molecular weight excluding hydrogens is 901 g/mol. The first kappa shape index (κ1) is 30.6. The first-order chi connectivity index (χ1) is 23.2. The molecule has 0 fully saturated rings. The van der Waals surface area contributed by atoms with E-state index in [4.69, 9.17) is 75.7 Å². The summed E-state index contributed by atoms with van der Waals surface area (Å²) in [5.74, 6) is 3.34. The number of nitrogens with zero attached hydrogens (tertiary/aromatic N) is 1. The molecule has 1 spiro atoms. The molecular formula is C34H22BiCl4NO8. The maximum absolute atomic E-state index is 10.7. The van der Waals surface area contributed by atoms with Gasteiger partial charge >= 0.3 is 298 Å². The Morgan fingerprint density at radius 1 is 0.625 bits per heavy atom. The van der Waals surface area contributed by atoms with Gasteiger partial charge in [-0.2, -0.15) is 0 Å². The van der Waals surface area contributed by atoms with E-state index in [0.29, 0.717) is 67.0 Å². The molecule has 4 heterocycles. The molecule has 0 bridgehead atoms. The van der Waals surface area contributed by atoms with E-state index >= 15 is 0 Å².